The maximum absolute atomic E-state index is 5.42. The van der Waals surface area contributed by atoms with Gasteiger partial charge >= 0.3 is 0 Å². The Hall–Kier alpha value is -8.79. The van der Waals surface area contributed by atoms with Crippen molar-refractivity contribution in [2.75, 3.05) is 0 Å². The Morgan fingerprint density at radius 3 is 1.37 bits per heavy atom. The second-order valence-electron chi connectivity index (χ2n) is 17.2. The average molecular weight is 856 g/mol. The van der Waals surface area contributed by atoms with Crippen molar-refractivity contribution in [2.24, 2.45) is 0 Å². The van der Waals surface area contributed by atoms with E-state index in [4.69, 9.17) is 4.98 Å². The molecule has 0 unspecified atom stereocenters. The van der Waals surface area contributed by atoms with Crippen LogP contribution >= 0.6 is 0 Å². The number of fused-ring (bicyclic) bond motifs is 6. The van der Waals surface area contributed by atoms with Crippen molar-refractivity contribution in [2.45, 2.75) is 6.42 Å². The summed E-state index contributed by atoms with van der Waals surface area (Å²) in [5, 5.41) is 4.72. The number of hydrogen-bond acceptors (Lipinski definition) is 1. The van der Waals surface area contributed by atoms with Gasteiger partial charge in [0.15, 0.2) is 0 Å². The molecule has 0 aliphatic heterocycles. The maximum atomic E-state index is 5.42. The maximum Gasteiger partial charge on any atom is 0.138 e. The highest BCUT2D eigenvalue weighted by Gasteiger charge is 2.19. The van der Waals surface area contributed by atoms with E-state index in [0.29, 0.717) is 0 Å². The second kappa shape index (κ2) is 17.0. The molecular formula is C64H45N3. The van der Waals surface area contributed by atoms with Gasteiger partial charge in [0.05, 0.1) is 27.8 Å². The summed E-state index contributed by atoms with van der Waals surface area (Å²) in [5.74, 6) is 0.876. The number of aromatic nitrogens is 3. The zero-order valence-electron chi connectivity index (χ0n) is 36.9. The van der Waals surface area contributed by atoms with E-state index in [1.807, 2.05) is 0 Å². The Morgan fingerprint density at radius 1 is 0.433 bits per heavy atom. The summed E-state index contributed by atoms with van der Waals surface area (Å²) >= 11 is 0. The van der Waals surface area contributed by atoms with Gasteiger partial charge in [0.1, 0.15) is 5.82 Å². The van der Waals surface area contributed by atoms with Crippen LogP contribution in [-0.4, -0.2) is 14.1 Å². The van der Waals surface area contributed by atoms with E-state index >= 15 is 0 Å². The van der Waals surface area contributed by atoms with Crippen LogP contribution in [0.4, 0.5) is 0 Å². The molecule has 12 rings (SSSR count). The van der Waals surface area contributed by atoms with Gasteiger partial charge in [0.25, 0.3) is 0 Å². The quantitative estimate of drug-likeness (QED) is 0.133. The molecule has 1 aliphatic rings. The fourth-order valence-corrected chi connectivity index (χ4v) is 9.78. The summed E-state index contributed by atoms with van der Waals surface area (Å²) in [6.45, 7) is 4.61. The third-order valence-corrected chi connectivity index (χ3v) is 13.1. The third kappa shape index (κ3) is 7.43. The van der Waals surface area contributed by atoms with Gasteiger partial charge in [-0.1, -0.05) is 189 Å². The third-order valence-electron chi connectivity index (χ3n) is 13.1. The number of hydrogen-bond donors (Lipinski definition) is 0. The molecule has 0 saturated heterocycles. The van der Waals surface area contributed by atoms with E-state index in [1.165, 1.54) is 49.4 Å². The molecule has 0 radical (unpaired) electrons. The van der Waals surface area contributed by atoms with Crippen LogP contribution in [-0.2, 0) is 0 Å². The lowest BCUT2D eigenvalue weighted by Crippen LogP contribution is -2.00. The monoisotopic (exact) mass is 855 g/mol. The fourth-order valence-electron chi connectivity index (χ4n) is 9.78. The van der Waals surface area contributed by atoms with Crippen molar-refractivity contribution in [1.29, 1.82) is 0 Å². The van der Waals surface area contributed by atoms with Crippen LogP contribution in [0.5, 0.6) is 0 Å². The second-order valence-corrected chi connectivity index (χ2v) is 17.2. The van der Waals surface area contributed by atoms with Gasteiger partial charge in [-0.3, -0.25) is 4.57 Å². The van der Waals surface area contributed by atoms with E-state index < -0.39 is 0 Å². The molecule has 0 saturated carbocycles. The molecule has 0 bridgehead atoms. The van der Waals surface area contributed by atoms with Crippen LogP contribution in [0.3, 0.4) is 0 Å². The topological polar surface area (TPSA) is 22.8 Å². The molecular weight excluding hydrogens is 811 g/mol. The predicted octanol–water partition coefficient (Wildman–Crippen LogP) is 17.1. The molecule has 8 aromatic carbocycles. The molecule has 3 aromatic heterocycles. The first-order valence-corrected chi connectivity index (χ1v) is 22.9. The molecule has 3 heterocycles. The lowest BCUT2D eigenvalue weighted by molar-refractivity contribution is 1.08. The van der Waals surface area contributed by atoms with Crippen LogP contribution in [0.15, 0.2) is 261 Å². The first-order chi connectivity index (χ1) is 33.1. The Morgan fingerprint density at radius 2 is 0.881 bits per heavy atom. The molecule has 11 aromatic rings. The summed E-state index contributed by atoms with van der Waals surface area (Å²) in [7, 11) is 0. The first-order valence-electron chi connectivity index (χ1n) is 22.9. The van der Waals surface area contributed by atoms with Crippen LogP contribution in [0.25, 0.3) is 111 Å². The molecule has 3 nitrogen and oxygen atoms in total. The number of pyridine rings is 1. The summed E-state index contributed by atoms with van der Waals surface area (Å²) in [5.41, 5.74) is 18.0. The Balaban J connectivity index is 1.05. The lowest BCUT2D eigenvalue weighted by Gasteiger charge is -2.13. The van der Waals surface area contributed by atoms with Crippen molar-refractivity contribution in [3.8, 4) is 61.6 Å². The van der Waals surface area contributed by atoms with Crippen molar-refractivity contribution < 1.29 is 0 Å². The number of nitrogens with zero attached hydrogens (tertiary/aromatic N) is 3. The predicted molar refractivity (Wildman–Crippen MR) is 284 cm³/mol. The highest BCUT2D eigenvalue weighted by Crippen LogP contribution is 2.41. The molecule has 0 N–H and O–H groups in total. The van der Waals surface area contributed by atoms with E-state index in [9.17, 15) is 0 Å². The van der Waals surface area contributed by atoms with Crippen molar-refractivity contribution >= 4 is 49.3 Å². The summed E-state index contributed by atoms with van der Waals surface area (Å²) in [6, 6.07) is 74.4. The van der Waals surface area contributed by atoms with Crippen LogP contribution in [0.2, 0.25) is 0 Å². The minimum absolute atomic E-state index is 0.876. The minimum atomic E-state index is 0.876. The number of rotatable bonds is 9. The summed E-state index contributed by atoms with van der Waals surface area (Å²) < 4.78 is 4.65. The molecule has 0 atom stereocenters. The summed E-state index contributed by atoms with van der Waals surface area (Å²) in [4.78, 5) is 5.42. The largest absolute Gasteiger partial charge is 0.310 e. The molecule has 0 spiro atoms. The fraction of sp³-hybridized carbons (Fsp3) is 0.0156. The highest BCUT2D eigenvalue weighted by atomic mass is 15.1. The van der Waals surface area contributed by atoms with Crippen molar-refractivity contribution in [1.82, 2.24) is 14.1 Å². The first kappa shape index (κ1) is 39.8. The zero-order chi connectivity index (χ0) is 44.7. The van der Waals surface area contributed by atoms with Crippen LogP contribution < -0.4 is 0 Å². The number of benzene rings is 8. The van der Waals surface area contributed by atoms with Crippen LogP contribution in [0, 0.1) is 0 Å². The molecule has 67 heavy (non-hydrogen) atoms. The highest BCUT2D eigenvalue weighted by molar-refractivity contribution is 6.14. The summed E-state index contributed by atoms with van der Waals surface area (Å²) in [6.07, 6.45) is 15.9. The molecule has 0 amide bonds. The minimum Gasteiger partial charge on any atom is -0.310 e. The number of allylic oxidation sites excluding steroid dienone is 9. The van der Waals surface area contributed by atoms with Gasteiger partial charge in [0, 0.05) is 32.8 Å². The van der Waals surface area contributed by atoms with Crippen molar-refractivity contribution in [3.05, 3.63) is 261 Å². The van der Waals surface area contributed by atoms with Gasteiger partial charge in [-0.25, -0.2) is 4.98 Å². The van der Waals surface area contributed by atoms with Crippen LogP contribution in [0.1, 0.15) is 6.42 Å². The van der Waals surface area contributed by atoms with E-state index in [0.717, 1.165) is 73.5 Å². The standard InChI is InChI=1S/C64H45N3/c1-44(18-17-21-45-19-7-2-8-20-45)66-60-34-30-50(46-22-9-3-10-23-46)38-55(60)56-40-52(32-35-61(56)66)53-33-37-63-58(41-53)57-39-51(47-24-11-4-12-25-47)31-36-62(57)67(63)64-43-54(48-26-13-5-14-27-48)42-59(65-64)49-28-15-6-16-29-49/h2-19,21-43H,1,20H2/b18-17-,45-21-. The normalized spacial score (nSPS) is 13.2. The van der Waals surface area contributed by atoms with Gasteiger partial charge in [0.2, 0.25) is 0 Å². The SMILES string of the molecule is C=C(/C=C\C=C1\C=CC=CC1)n1c2ccc(-c3ccccc3)cc2c2cc(-c3ccc4c(c3)c3cc(-c5ccccc5)ccc3n4-c3cc(-c4ccccc4)cc(-c4ccccc4)n3)ccc21. The average Bonchev–Trinajstić information content (AvgIpc) is 3.91. The van der Waals surface area contributed by atoms with Crippen molar-refractivity contribution in [3.63, 3.8) is 0 Å². The van der Waals surface area contributed by atoms with E-state index in [-0.39, 0.29) is 0 Å². The van der Waals surface area contributed by atoms with Gasteiger partial charge in [-0.15, -0.1) is 0 Å². The smallest absolute Gasteiger partial charge is 0.138 e. The Kier molecular flexibility index (Phi) is 10.1. The van der Waals surface area contributed by atoms with E-state index in [1.54, 1.807) is 0 Å². The van der Waals surface area contributed by atoms with E-state index in [2.05, 4.69) is 265 Å². The van der Waals surface area contributed by atoms with Gasteiger partial charge < -0.3 is 4.57 Å². The Bertz CT molecular complexity index is 3750. The van der Waals surface area contributed by atoms with Gasteiger partial charge in [-0.2, -0.15) is 0 Å². The molecule has 1 aliphatic carbocycles. The zero-order valence-corrected chi connectivity index (χ0v) is 36.9. The Labute approximate surface area is 390 Å². The molecule has 316 valence electrons. The lowest BCUT2D eigenvalue weighted by atomic mass is 9.98. The van der Waals surface area contributed by atoms with Gasteiger partial charge in [-0.05, 0) is 123 Å². The molecule has 0 fully saturated rings. The molecule has 3 heteroatoms.